The Labute approximate surface area is 102 Å². The average molecular weight is 229 g/mol. The second-order valence-electron chi connectivity index (χ2n) is 4.54. The van der Waals surface area contributed by atoms with Gasteiger partial charge in [0, 0.05) is 11.3 Å². The first-order chi connectivity index (χ1) is 8.13. The third kappa shape index (κ3) is 2.18. The fraction of sp³-hybridized carbons (Fsp3) is 0.357. The van der Waals surface area contributed by atoms with Crippen molar-refractivity contribution in [3.8, 4) is 11.1 Å². The van der Waals surface area contributed by atoms with Gasteiger partial charge in [0.2, 0.25) is 0 Å². The number of aromatic amines is 1. The number of nitrogens with two attached hydrogens (primary N) is 1. The van der Waals surface area contributed by atoms with Crippen molar-refractivity contribution in [2.75, 3.05) is 5.73 Å². The Bertz CT molecular complexity index is 477. The summed E-state index contributed by atoms with van der Waals surface area (Å²) >= 11 is 0. The van der Waals surface area contributed by atoms with Gasteiger partial charge >= 0.3 is 0 Å². The molecular weight excluding hydrogens is 210 g/mol. The molecule has 3 N–H and O–H groups in total. The molecule has 1 unspecified atom stereocenters. The van der Waals surface area contributed by atoms with E-state index in [0.29, 0.717) is 11.7 Å². The predicted octanol–water partition coefficient (Wildman–Crippen LogP) is 3.48. The predicted molar refractivity (Wildman–Crippen MR) is 71.9 cm³/mol. The topological polar surface area (TPSA) is 54.7 Å². The second-order valence-corrected chi connectivity index (χ2v) is 4.54. The molecule has 1 atom stereocenters. The summed E-state index contributed by atoms with van der Waals surface area (Å²) in [5.41, 5.74) is 10.4. The number of aromatic nitrogens is 2. The van der Waals surface area contributed by atoms with Gasteiger partial charge in [0.1, 0.15) is 0 Å². The lowest BCUT2D eigenvalue weighted by Gasteiger charge is -2.09. The SMILES string of the molecule is CCC(C)c1ccc(-c2c(N)n[nH]c2C)cc1. The maximum Gasteiger partial charge on any atom is 0.153 e. The van der Waals surface area contributed by atoms with E-state index in [1.807, 2.05) is 6.92 Å². The van der Waals surface area contributed by atoms with E-state index in [0.717, 1.165) is 23.2 Å². The molecule has 0 fully saturated rings. The minimum Gasteiger partial charge on any atom is -0.382 e. The van der Waals surface area contributed by atoms with Gasteiger partial charge in [0.15, 0.2) is 5.82 Å². The Kier molecular flexibility index (Phi) is 3.18. The number of H-pyrrole nitrogens is 1. The first kappa shape index (κ1) is 11.7. The van der Waals surface area contributed by atoms with Crippen LogP contribution in [0.2, 0.25) is 0 Å². The summed E-state index contributed by atoms with van der Waals surface area (Å²) in [5, 5.41) is 6.93. The third-order valence-electron chi connectivity index (χ3n) is 3.36. The summed E-state index contributed by atoms with van der Waals surface area (Å²) in [5.74, 6) is 1.17. The highest BCUT2D eigenvalue weighted by Gasteiger charge is 2.10. The zero-order valence-electron chi connectivity index (χ0n) is 10.6. The van der Waals surface area contributed by atoms with Crippen molar-refractivity contribution in [2.24, 2.45) is 0 Å². The number of aryl methyl sites for hydroxylation is 1. The summed E-state index contributed by atoms with van der Waals surface area (Å²) in [6, 6.07) is 8.59. The van der Waals surface area contributed by atoms with E-state index in [-0.39, 0.29) is 0 Å². The van der Waals surface area contributed by atoms with E-state index in [2.05, 4.69) is 48.3 Å². The van der Waals surface area contributed by atoms with E-state index in [1.54, 1.807) is 0 Å². The number of hydrogen-bond donors (Lipinski definition) is 2. The lowest BCUT2D eigenvalue weighted by atomic mass is 9.96. The van der Waals surface area contributed by atoms with Crippen molar-refractivity contribution in [3.05, 3.63) is 35.5 Å². The average Bonchev–Trinajstić information content (AvgIpc) is 2.68. The molecule has 0 aliphatic carbocycles. The molecule has 2 aromatic rings. The van der Waals surface area contributed by atoms with Crippen LogP contribution in [0.1, 0.15) is 37.4 Å². The smallest absolute Gasteiger partial charge is 0.153 e. The highest BCUT2D eigenvalue weighted by atomic mass is 15.2. The molecule has 0 bridgehead atoms. The van der Waals surface area contributed by atoms with Crippen LogP contribution in [0.25, 0.3) is 11.1 Å². The van der Waals surface area contributed by atoms with Crippen LogP contribution >= 0.6 is 0 Å². The molecule has 1 aromatic carbocycles. The number of nitrogen functional groups attached to an aromatic ring is 1. The van der Waals surface area contributed by atoms with Crippen LogP contribution in [-0.2, 0) is 0 Å². The number of anilines is 1. The van der Waals surface area contributed by atoms with Gasteiger partial charge in [0.05, 0.1) is 0 Å². The molecule has 0 spiro atoms. The Morgan fingerprint density at radius 1 is 1.29 bits per heavy atom. The van der Waals surface area contributed by atoms with E-state index in [1.165, 1.54) is 5.56 Å². The van der Waals surface area contributed by atoms with Crippen molar-refractivity contribution in [1.29, 1.82) is 0 Å². The van der Waals surface area contributed by atoms with E-state index >= 15 is 0 Å². The normalized spacial score (nSPS) is 12.6. The zero-order chi connectivity index (χ0) is 12.4. The molecule has 0 aliphatic heterocycles. The number of nitrogens with one attached hydrogen (secondary N) is 1. The maximum atomic E-state index is 5.86. The van der Waals surface area contributed by atoms with E-state index in [9.17, 15) is 0 Å². The molecule has 0 aliphatic rings. The quantitative estimate of drug-likeness (QED) is 0.846. The van der Waals surface area contributed by atoms with E-state index < -0.39 is 0 Å². The molecule has 1 aromatic heterocycles. The van der Waals surface area contributed by atoms with Gasteiger partial charge in [-0.3, -0.25) is 5.10 Å². The van der Waals surface area contributed by atoms with Crippen molar-refractivity contribution < 1.29 is 0 Å². The molecule has 3 heteroatoms. The van der Waals surface area contributed by atoms with Gasteiger partial charge in [-0.25, -0.2) is 0 Å². The van der Waals surface area contributed by atoms with Crippen molar-refractivity contribution in [1.82, 2.24) is 10.2 Å². The fourth-order valence-corrected chi connectivity index (χ4v) is 2.03. The highest BCUT2D eigenvalue weighted by Crippen LogP contribution is 2.29. The van der Waals surface area contributed by atoms with Crippen molar-refractivity contribution >= 4 is 5.82 Å². The lowest BCUT2D eigenvalue weighted by Crippen LogP contribution is -1.92. The molecule has 2 rings (SSSR count). The second kappa shape index (κ2) is 4.62. The largest absolute Gasteiger partial charge is 0.382 e. The zero-order valence-corrected chi connectivity index (χ0v) is 10.6. The number of rotatable bonds is 3. The monoisotopic (exact) mass is 229 g/mol. The summed E-state index contributed by atoms with van der Waals surface area (Å²) in [7, 11) is 0. The minimum absolute atomic E-state index is 0.568. The molecule has 1 heterocycles. The molecular formula is C14H19N3. The molecule has 17 heavy (non-hydrogen) atoms. The van der Waals surface area contributed by atoms with Crippen LogP contribution < -0.4 is 5.73 Å². The Morgan fingerprint density at radius 3 is 2.41 bits per heavy atom. The number of nitrogens with zero attached hydrogens (tertiary/aromatic N) is 1. The van der Waals surface area contributed by atoms with Crippen LogP contribution in [-0.4, -0.2) is 10.2 Å². The van der Waals surface area contributed by atoms with E-state index in [4.69, 9.17) is 5.73 Å². The van der Waals surface area contributed by atoms with Gasteiger partial charge in [-0.2, -0.15) is 5.10 Å². The van der Waals surface area contributed by atoms with Crippen LogP contribution in [0.3, 0.4) is 0 Å². The molecule has 0 radical (unpaired) electrons. The summed E-state index contributed by atoms with van der Waals surface area (Å²) in [6.07, 6.45) is 1.16. The molecule has 0 amide bonds. The van der Waals surface area contributed by atoms with Gasteiger partial charge in [0.25, 0.3) is 0 Å². The lowest BCUT2D eigenvalue weighted by molar-refractivity contribution is 0.734. The maximum absolute atomic E-state index is 5.86. The Balaban J connectivity index is 2.36. The number of hydrogen-bond acceptors (Lipinski definition) is 2. The minimum atomic E-state index is 0.568. The van der Waals surface area contributed by atoms with Crippen molar-refractivity contribution in [2.45, 2.75) is 33.1 Å². The fourth-order valence-electron chi connectivity index (χ4n) is 2.03. The molecule has 90 valence electrons. The first-order valence-electron chi connectivity index (χ1n) is 6.04. The third-order valence-corrected chi connectivity index (χ3v) is 3.36. The van der Waals surface area contributed by atoms with Gasteiger partial charge < -0.3 is 5.73 Å². The van der Waals surface area contributed by atoms with Crippen molar-refractivity contribution in [3.63, 3.8) is 0 Å². The van der Waals surface area contributed by atoms with Crippen LogP contribution in [0.15, 0.2) is 24.3 Å². The highest BCUT2D eigenvalue weighted by molar-refractivity contribution is 5.76. The van der Waals surface area contributed by atoms with Gasteiger partial charge in [-0.05, 0) is 30.4 Å². The number of benzene rings is 1. The summed E-state index contributed by atoms with van der Waals surface area (Å²) in [6.45, 7) is 6.44. The Hall–Kier alpha value is -1.77. The van der Waals surface area contributed by atoms with Gasteiger partial charge in [-0.1, -0.05) is 38.1 Å². The standard InChI is InChI=1S/C14H19N3/c1-4-9(2)11-5-7-12(8-6-11)13-10(3)16-17-14(13)15/h5-9H,4H2,1-3H3,(H3,15,16,17). The van der Waals surface area contributed by atoms with Crippen LogP contribution in [0.4, 0.5) is 5.82 Å². The molecule has 0 saturated carbocycles. The molecule has 3 nitrogen and oxygen atoms in total. The summed E-state index contributed by atoms with van der Waals surface area (Å²) in [4.78, 5) is 0. The summed E-state index contributed by atoms with van der Waals surface area (Å²) < 4.78 is 0. The van der Waals surface area contributed by atoms with Crippen LogP contribution in [0.5, 0.6) is 0 Å². The Morgan fingerprint density at radius 2 is 1.94 bits per heavy atom. The first-order valence-corrected chi connectivity index (χ1v) is 6.04. The molecule has 0 saturated heterocycles. The van der Waals surface area contributed by atoms with Gasteiger partial charge in [-0.15, -0.1) is 0 Å². The van der Waals surface area contributed by atoms with Crippen LogP contribution in [0, 0.1) is 6.92 Å².